The number of rotatable bonds is 12. The summed E-state index contributed by atoms with van der Waals surface area (Å²) in [5, 5.41) is 22.3. The normalized spacial score (nSPS) is 11.5. The van der Waals surface area contributed by atoms with E-state index in [1.807, 2.05) is 97.8 Å². The molecule has 28 aromatic rings. The van der Waals surface area contributed by atoms with Gasteiger partial charge in [0.25, 0.3) is 0 Å². The smallest absolute Gasteiger partial charge is 0.187 e. The Morgan fingerprint density at radius 2 is 0.472 bits per heavy atom. The van der Waals surface area contributed by atoms with Crippen molar-refractivity contribution in [3.05, 3.63) is 491 Å². The van der Waals surface area contributed by atoms with Crippen molar-refractivity contribution in [2.75, 3.05) is 0 Å². The van der Waals surface area contributed by atoms with Crippen LogP contribution in [0.25, 0.3) is 281 Å². The van der Waals surface area contributed by atoms with E-state index in [-0.39, 0.29) is 0 Å². The van der Waals surface area contributed by atoms with E-state index >= 15 is 0 Å². The van der Waals surface area contributed by atoms with Crippen molar-refractivity contribution in [1.82, 2.24) is 59.8 Å². The third-order valence-electron chi connectivity index (χ3n) is 27.4. The van der Waals surface area contributed by atoms with E-state index in [2.05, 4.69) is 397 Å². The standard InChI is InChI=1S/C47H27N5.2C42H26N4/c1-48-34-20-21-37-33(25-34)27-41(39-17-5-4-16-38(37)39)43-28-44(42-26-31-14-8-22-49-45(31)46-40(42)19-9-23-50-46)52-47(51-43)32-13-6-12-30(24-32)36-18-7-11-29-10-2-3-15-35(29)36;1-2-10-27(11-3-1)28-18-20-29(21-19-28)42-45-38(36-24-30-12-4-5-14-32(30)33-15-6-7-16-34(33)36)26-39(46-42)37-25-31-13-8-22-43-40(31)41-35(37)17-9-23-44-41;1-2-9-27(10-3-1)28-16-19-30(20-17-28)42-45-38(33-23-32-21-18-29-12-8-22-43-40(29)41(32)44-26-33)25-39(46-42)37-24-31-11-4-5-13-34(31)35-14-6-7-15-36(35)37/h2-28H;2*1-26H. The van der Waals surface area contributed by atoms with Crippen molar-refractivity contribution in [2.24, 2.45) is 0 Å². The Hall–Kier alpha value is -19.8. The molecular formula is C131H79N13. The Kier molecular flexibility index (Phi) is 21.3. The van der Waals surface area contributed by atoms with Crippen molar-refractivity contribution in [3.63, 3.8) is 0 Å². The number of aromatic nitrogens is 12. The molecule has 0 amide bonds. The third kappa shape index (κ3) is 15.7. The quantitative estimate of drug-likeness (QED) is 0.0843. The SMILES string of the molecule is [C-]#[N+]c1ccc2c(c1)cc(-c1cc(-c3cc4cccnc4c4ncccc34)nc(-c3cccc(-c4cccc5ccccc45)c3)n1)c1ccccc12.c1ccc(-c2ccc(-c3nc(-c4cc5ccccc5c5ccccc45)cc(-c4cc5cccnc5c5ncccc45)n3)cc2)cc1.c1ccc(-c2ccc(-c3nc(-c4cnc5c(ccc6cccnc65)c4)cc(-c4cc5ccccc5c5ccccc45)n3)cc2)cc1. The van der Waals surface area contributed by atoms with Crippen LogP contribution in [0.1, 0.15) is 0 Å². The van der Waals surface area contributed by atoms with E-state index in [1.54, 1.807) is 0 Å². The Bertz CT molecular complexity index is 9930. The van der Waals surface area contributed by atoms with Crippen LogP contribution < -0.4 is 0 Å². The van der Waals surface area contributed by atoms with Crippen LogP contribution in [0.5, 0.6) is 0 Å². The number of fused-ring (bicyclic) bond motifs is 19. The molecule has 144 heavy (non-hydrogen) atoms. The molecule has 0 aliphatic rings. The van der Waals surface area contributed by atoms with Crippen LogP contribution in [0, 0.1) is 6.57 Å². The van der Waals surface area contributed by atoms with Gasteiger partial charge in [-0.25, -0.2) is 34.7 Å². The third-order valence-corrected chi connectivity index (χ3v) is 27.4. The van der Waals surface area contributed by atoms with E-state index in [0.29, 0.717) is 23.2 Å². The van der Waals surface area contributed by atoms with Crippen molar-refractivity contribution < 1.29 is 0 Å². The summed E-state index contributed by atoms with van der Waals surface area (Å²) in [6, 6.07) is 154. The zero-order valence-corrected chi connectivity index (χ0v) is 77.4. The molecule has 9 aromatic heterocycles. The molecule has 28 rings (SSSR count). The van der Waals surface area contributed by atoms with E-state index in [4.69, 9.17) is 56.4 Å². The number of hydrogen-bond donors (Lipinski definition) is 0. The molecule has 19 aromatic carbocycles. The minimum Gasteiger partial charge on any atom is -0.254 e. The molecule has 0 spiro atoms. The highest BCUT2D eigenvalue weighted by atomic mass is 14.9. The van der Waals surface area contributed by atoms with Crippen molar-refractivity contribution in [1.29, 1.82) is 0 Å². The number of benzene rings is 19. The monoisotopic (exact) mass is 1830 g/mol. The minimum absolute atomic E-state index is 0.604. The maximum Gasteiger partial charge on any atom is 0.187 e. The highest BCUT2D eigenvalue weighted by molar-refractivity contribution is 6.19. The number of hydrogen-bond acceptors (Lipinski definition) is 12. The largest absolute Gasteiger partial charge is 0.254 e. The summed E-state index contributed by atoms with van der Waals surface area (Å²) in [5.41, 5.74) is 26.6. The van der Waals surface area contributed by atoms with Gasteiger partial charge >= 0.3 is 0 Å². The van der Waals surface area contributed by atoms with Crippen molar-refractivity contribution >= 4 is 147 Å². The van der Waals surface area contributed by atoms with Gasteiger partial charge in [0, 0.05) is 120 Å². The summed E-state index contributed by atoms with van der Waals surface area (Å²) in [6.45, 7) is 7.69. The zero-order valence-electron chi connectivity index (χ0n) is 77.4. The molecule has 0 fully saturated rings. The van der Waals surface area contributed by atoms with Gasteiger partial charge in [0.1, 0.15) is 0 Å². The summed E-state index contributed by atoms with van der Waals surface area (Å²) >= 11 is 0. The molecule has 0 aliphatic heterocycles. The van der Waals surface area contributed by atoms with Crippen LogP contribution in [0.2, 0.25) is 0 Å². The van der Waals surface area contributed by atoms with Crippen LogP contribution in [0.15, 0.2) is 480 Å². The van der Waals surface area contributed by atoms with Crippen LogP contribution in [0.4, 0.5) is 5.69 Å². The summed E-state index contributed by atoms with van der Waals surface area (Å²) in [5.74, 6) is 1.97. The maximum absolute atomic E-state index is 7.69. The molecular weight excluding hydrogens is 1760 g/mol. The fraction of sp³-hybridized carbons (Fsp3) is 0. The average molecular weight is 1840 g/mol. The van der Waals surface area contributed by atoms with Gasteiger partial charge in [-0.05, 0) is 206 Å². The van der Waals surface area contributed by atoms with Crippen LogP contribution in [-0.2, 0) is 0 Å². The van der Waals surface area contributed by atoms with Gasteiger partial charge in [0.05, 0.1) is 73.8 Å². The lowest BCUT2D eigenvalue weighted by Crippen LogP contribution is -1.98. The van der Waals surface area contributed by atoms with E-state index < -0.39 is 0 Å². The summed E-state index contributed by atoms with van der Waals surface area (Å²) in [7, 11) is 0. The Morgan fingerprint density at radius 3 is 0.979 bits per heavy atom. The van der Waals surface area contributed by atoms with Gasteiger partial charge in [0.2, 0.25) is 0 Å². The van der Waals surface area contributed by atoms with Gasteiger partial charge in [0.15, 0.2) is 23.2 Å². The lowest BCUT2D eigenvalue weighted by atomic mass is 9.94. The first-order valence-electron chi connectivity index (χ1n) is 47.9. The second-order valence-electron chi connectivity index (χ2n) is 36.0. The van der Waals surface area contributed by atoms with Gasteiger partial charge in [-0.1, -0.05) is 346 Å². The predicted octanol–water partition coefficient (Wildman–Crippen LogP) is 33.3. The molecule has 0 atom stereocenters. The maximum atomic E-state index is 7.69. The van der Waals surface area contributed by atoms with E-state index in [0.717, 1.165) is 204 Å². The molecule has 668 valence electrons. The first-order chi connectivity index (χ1) is 71.3. The molecule has 13 nitrogen and oxygen atoms in total. The fourth-order valence-corrected chi connectivity index (χ4v) is 20.5. The van der Waals surface area contributed by atoms with Gasteiger partial charge in [-0.15, -0.1) is 0 Å². The molecule has 0 saturated heterocycles. The summed E-state index contributed by atoms with van der Waals surface area (Å²) < 4.78 is 0. The molecule has 0 aliphatic carbocycles. The van der Waals surface area contributed by atoms with Crippen LogP contribution in [0.3, 0.4) is 0 Å². The predicted molar refractivity (Wildman–Crippen MR) is 592 cm³/mol. The Morgan fingerprint density at radius 1 is 0.153 bits per heavy atom. The number of pyridine rings is 6. The number of nitrogens with zero attached hydrogens (tertiary/aromatic N) is 13. The highest BCUT2D eigenvalue weighted by Gasteiger charge is 2.24. The molecule has 13 heteroatoms. The molecule has 0 saturated carbocycles. The second-order valence-corrected chi connectivity index (χ2v) is 36.0. The van der Waals surface area contributed by atoms with Crippen LogP contribution in [-0.4, -0.2) is 59.8 Å². The van der Waals surface area contributed by atoms with E-state index in [9.17, 15) is 0 Å². The van der Waals surface area contributed by atoms with Gasteiger partial charge in [-0.3, -0.25) is 29.9 Å². The lowest BCUT2D eigenvalue weighted by Gasteiger charge is -2.15. The highest BCUT2D eigenvalue weighted by Crippen LogP contribution is 2.46. The molecule has 0 radical (unpaired) electrons. The Balaban J connectivity index is 0.000000110. The average Bonchev–Trinajstić information content (AvgIpc) is 0.738. The molecule has 0 bridgehead atoms. The molecule has 0 unspecified atom stereocenters. The van der Waals surface area contributed by atoms with Crippen molar-refractivity contribution in [2.45, 2.75) is 0 Å². The van der Waals surface area contributed by atoms with Gasteiger partial charge < -0.3 is 0 Å². The topological polar surface area (TPSA) is 159 Å². The van der Waals surface area contributed by atoms with Gasteiger partial charge in [-0.2, -0.15) is 0 Å². The fourth-order valence-electron chi connectivity index (χ4n) is 20.5. The van der Waals surface area contributed by atoms with Crippen LogP contribution >= 0.6 is 0 Å². The lowest BCUT2D eigenvalue weighted by molar-refractivity contribution is 1.18. The van der Waals surface area contributed by atoms with E-state index in [1.165, 1.54) is 54.2 Å². The Labute approximate surface area is 827 Å². The zero-order chi connectivity index (χ0) is 95.5. The summed E-state index contributed by atoms with van der Waals surface area (Å²) in [4.78, 5) is 63.7. The first kappa shape index (κ1) is 84.7. The molecule has 9 heterocycles. The second kappa shape index (κ2) is 36.3. The summed E-state index contributed by atoms with van der Waals surface area (Å²) in [6.07, 6.45) is 11.0. The minimum atomic E-state index is 0.604. The van der Waals surface area contributed by atoms with Crippen molar-refractivity contribution in [3.8, 4) is 135 Å². The first-order valence-corrected chi connectivity index (χ1v) is 47.9. The molecule has 0 N–H and O–H groups in total.